The molecule has 13 heteroatoms. The zero-order valence-electron chi connectivity index (χ0n) is 23.0. The largest absolute Gasteiger partial charge is 0.481 e. The molecule has 220 valence electrons. The Balaban J connectivity index is 1.29. The molecule has 0 unspecified atom stereocenters. The van der Waals surface area contributed by atoms with E-state index in [1.165, 1.54) is 0 Å². The van der Waals surface area contributed by atoms with Gasteiger partial charge in [0.15, 0.2) is 5.69 Å². The van der Waals surface area contributed by atoms with Gasteiger partial charge in [0.05, 0.1) is 28.5 Å². The molecule has 0 radical (unpaired) electrons. The molecule has 1 aliphatic heterocycles. The van der Waals surface area contributed by atoms with Gasteiger partial charge in [0.25, 0.3) is 11.5 Å². The zero-order valence-corrected chi connectivity index (χ0v) is 24.6. The number of pyridine rings is 1. The highest BCUT2D eigenvalue weighted by molar-refractivity contribution is 6.39. The van der Waals surface area contributed by atoms with E-state index in [9.17, 15) is 14.4 Å². The van der Waals surface area contributed by atoms with Crippen molar-refractivity contribution in [2.75, 3.05) is 19.0 Å². The third-order valence-corrected chi connectivity index (χ3v) is 8.52. The van der Waals surface area contributed by atoms with Crippen molar-refractivity contribution in [3.05, 3.63) is 86.0 Å². The van der Waals surface area contributed by atoms with Crippen molar-refractivity contribution in [3.8, 4) is 28.3 Å². The fourth-order valence-corrected chi connectivity index (χ4v) is 6.22. The highest BCUT2D eigenvalue weighted by Gasteiger charge is 2.30. The van der Waals surface area contributed by atoms with Crippen LogP contribution in [0.4, 0.5) is 5.69 Å². The van der Waals surface area contributed by atoms with Gasteiger partial charge in [-0.3, -0.25) is 14.4 Å². The number of H-pyrrole nitrogens is 1. The van der Waals surface area contributed by atoms with Crippen molar-refractivity contribution in [2.45, 2.75) is 37.8 Å². The summed E-state index contributed by atoms with van der Waals surface area (Å²) >= 11 is 13.8. The van der Waals surface area contributed by atoms with E-state index in [2.05, 4.69) is 31.1 Å². The van der Waals surface area contributed by atoms with Crippen molar-refractivity contribution >= 4 is 40.7 Å². The minimum atomic E-state index is -0.724. The van der Waals surface area contributed by atoms with Gasteiger partial charge in [-0.15, -0.1) is 0 Å². The summed E-state index contributed by atoms with van der Waals surface area (Å²) in [7, 11) is 1.60. The second kappa shape index (κ2) is 12.1. The van der Waals surface area contributed by atoms with Gasteiger partial charge in [-0.2, -0.15) is 5.10 Å². The van der Waals surface area contributed by atoms with Crippen LogP contribution in [0.2, 0.25) is 10.0 Å². The van der Waals surface area contributed by atoms with Crippen LogP contribution in [-0.2, 0) is 11.2 Å². The lowest BCUT2D eigenvalue weighted by molar-refractivity contribution is -0.119. The number of nitrogens with one attached hydrogen (secondary N) is 4. The normalized spacial score (nSPS) is 17.4. The molecule has 43 heavy (non-hydrogen) atoms. The van der Waals surface area contributed by atoms with Crippen molar-refractivity contribution in [1.82, 2.24) is 30.8 Å². The molecule has 4 N–H and O–H groups in total. The minimum absolute atomic E-state index is 0.0699. The lowest BCUT2D eigenvalue weighted by Gasteiger charge is -2.20. The number of ether oxygens (including phenoxy) is 1. The maximum atomic E-state index is 12.7. The molecule has 1 fully saturated rings. The number of carbonyl (C=O) groups is 2. The van der Waals surface area contributed by atoms with Gasteiger partial charge in [0.1, 0.15) is 6.33 Å². The van der Waals surface area contributed by atoms with Gasteiger partial charge in [0.2, 0.25) is 11.8 Å². The maximum absolute atomic E-state index is 12.7. The second-order valence-corrected chi connectivity index (χ2v) is 11.1. The van der Waals surface area contributed by atoms with Crippen LogP contribution in [0, 0.1) is 0 Å². The number of rotatable bonds is 8. The molecule has 0 spiro atoms. The fourth-order valence-electron chi connectivity index (χ4n) is 5.62. The number of amides is 2. The van der Waals surface area contributed by atoms with Crippen LogP contribution < -0.4 is 26.2 Å². The van der Waals surface area contributed by atoms with Gasteiger partial charge < -0.3 is 20.7 Å². The van der Waals surface area contributed by atoms with E-state index in [0.29, 0.717) is 46.3 Å². The van der Waals surface area contributed by atoms with Crippen LogP contribution in [0.15, 0.2) is 53.6 Å². The van der Waals surface area contributed by atoms with Crippen LogP contribution in [0.25, 0.3) is 22.4 Å². The second-order valence-electron chi connectivity index (χ2n) is 10.3. The Morgan fingerprint density at radius 1 is 1.05 bits per heavy atom. The van der Waals surface area contributed by atoms with E-state index >= 15 is 0 Å². The highest BCUT2D eigenvalue weighted by Crippen LogP contribution is 2.44. The Bertz CT molecular complexity index is 1800. The first-order chi connectivity index (χ1) is 20.8. The zero-order chi connectivity index (χ0) is 30.1. The first-order valence-corrected chi connectivity index (χ1v) is 14.5. The van der Waals surface area contributed by atoms with E-state index in [1.807, 2.05) is 24.3 Å². The molecule has 0 saturated carbocycles. The number of aromatic nitrogens is 4. The molecule has 2 aromatic carbocycles. The number of methoxy groups -OCH3 is 1. The molecule has 2 aromatic heterocycles. The maximum Gasteiger partial charge on any atom is 0.295 e. The Kier molecular flexibility index (Phi) is 8.11. The summed E-state index contributed by atoms with van der Waals surface area (Å²) in [6, 6.07) is 13.0. The lowest BCUT2D eigenvalue weighted by Crippen LogP contribution is -2.36. The number of aryl methyl sites for hydroxylation is 1. The van der Waals surface area contributed by atoms with Gasteiger partial charge in [-0.05, 0) is 37.0 Å². The number of aromatic amines is 1. The number of halogens is 2. The Hall–Kier alpha value is -4.32. The predicted molar refractivity (Wildman–Crippen MR) is 163 cm³/mol. The van der Waals surface area contributed by atoms with Crippen LogP contribution >= 0.6 is 23.2 Å². The minimum Gasteiger partial charge on any atom is -0.481 e. The van der Waals surface area contributed by atoms with Crippen molar-refractivity contribution < 1.29 is 14.3 Å². The molecule has 2 atom stereocenters. The molecule has 1 saturated heterocycles. The smallest absolute Gasteiger partial charge is 0.295 e. The fraction of sp³-hybridized carbons (Fsp3) is 0.267. The monoisotopic (exact) mass is 619 g/mol. The van der Waals surface area contributed by atoms with Crippen LogP contribution in [0.1, 0.15) is 46.9 Å². The standard InChI is InChI=1S/C30H27Cl2N7O4/c1-43-30-24-15(8-10-20(24)33-13-16-9-11-23(40)36-16)12-22(38-30)19-6-2-4-17(25(19)31)18-5-3-7-21(26(18)32)37-28(41)27-29(42)39-35-14-34-27/h2-7,12,14,16,20,33H,8-11,13H2,1H3,(H,36,40)(H,37,41)(H,39,42)/t16-,20-/m0/s1. The van der Waals surface area contributed by atoms with Crippen LogP contribution in [-0.4, -0.2) is 51.7 Å². The van der Waals surface area contributed by atoms with Crippen molar-refractivity contribution in [2.24, 2.45) is 0 Å². The summed E-state index contributed by atoms with van der Waals surface area (Å²) < 4.78 is 5.75. The van der Waals surface area contributed by atoms with Gasteiger partial charge in [-0.1, -0.05) is 53.5 Å². The molecule has 11 nitrogen and oxygen atoms in total. The molecule has 3 heterocycles. The number of hydrogen-bond donors (Lipinski definition) is 4. The third-order valence-electron chi connectivity index (χ3n) is 7.70. The van der Waals surface area contributed by atoms with Crippen molar-refractivity contribution in [1.29, 1.82) is 0 Å². The van der Waals surface area contributed by atoms with E-state index in [1.54, 1.807) is 25.3 Å². The quantitative estimate of drug-likeness (QED) is 0.228. The summed E-state index contributed by atoms with van der Waals surface area (Å²) in [5.74, 6) is -0.0992. The first-order valence-electron chi connectivity index (χ1n) is 13.7. The van der Waals surface area contributed by atoms with Crippen LogP contribution in [0.5, 0.6) is 5.88 Å². The average Bonchev–Trinajstić information content (AvgIpc) is 3.62. The molecule has 2 aliphatic rings. The van der Waals surface area contributed by atoms with Crippen LogP contribution in [0.3, 0.4) is 0 Å². The average molecular weight is 620 g/mol. The van der Waals surface area contributed by atoms with E-state index in [4.69, 9.17) is 32.9 Å². The summed E-state index contributed by atoms with van der Waals surface area (Å²) in [6.45, 7) is 0.685. The Morgan fingerprint density at radius 2 is 1.81 bits per heavy atom. The molecule has 6 rings (SSSR count). The van der Waals surface area contributed by atoms with Gasteiger partial charge in [0, 0.05) is 47.3 Å². The molecular formula is C30H27Cl2N7O4. The number of anilines is 1. The summed E-state index contributed by atoms with van der Waals surface area (Å²) in [6.07, 6.45) is 4.21. The first kappa shape index (κ1) is 28.8. The topological polar surface area (TPSA) is 151 Å². The summed E-state index contributed by atoms with van der Waals surface area (Å²) in [4.78, 5) is 44.8. The van der Waals surface area contributed by atoms with Crippen molar-refractivity contribution in [3.63, 3.8) is 0 Å². The highest BCUT2D eigenvalue weighted by atomic mass is 35.5. The number of carbonyl (C=O) groups excluding carboxylic acids is 2. The summed E-state index contributed by atoms with van der Waals surface area (Å²) in [5, 5.41) is 15.6. The predicted octanol–water partition coefficient (Wildman–Crippen LogP) is 4.32. The SMILES string of the molecule is COc1nc(-c2cccc(-c3cccc(NC(=O)c4ncn[nH]c4=O)c3Cl)c2Cl)cc2c1[C@@H](NC[C@@H]1CCC(=O)N1)CC2. The Morgan fingerprint density at radius 3 is 2.56 bits per heavy atom. The lowest BCUT2D eigenvalue weighted by atomic mass is 9.99. The van der Waals surface area contributed by atoms with E-state index in [-0.39, 0.29) is 34.4 Å². The van der Waals surface area contributed by atoms with E-state index < -0.39 is 11.5 Å². The number of benzene rings is 2. The molecule has 4 aromatic rings. The molecule has 2 amide bonds. The third kappa shape index (κ3) is 5.71. The number of nitrogens with zero attached hydrogens (tertiary/aromatic N) is 3. The van der Waals surface area contributed by atoms with E-state index in [0.717, 1.165) is 36.7 Å². The number of fused-ring (bicyclic) bond motifs is 1. The van der Waals surface area contributed by atoms with Gasteiger partial charge >= 0.3 is 0 Å². The molecule has 0 bridgehead atoms. The summed E-state index contributed by atoms with van der Waals surface area (Å²) in [5.41, 5.74) is 3.96. The number of hydrogen-bond acceptors (Lipinski definition) is 8. The molecule has 1 aliphatic carbocycles. The Labute approximate surface area is 256 Å². The molecular weight excluding hydrogens is 593 g/mol. The van der Waals surface area contributed by atoms with Gasteiger partial charge in [-0.25, -0.2) is 15.1 Å².